The van der Waals surface area contributed by atoms with Crippen molar-refractivity contribution in [2.24, 2.45) is 11.8 Å². The van der Waals surface area contributed by atoms with Crippen LogP contribution < -0.4 is 0 Å². The summed E-state index contributed by atoms with van der Waals surface area (Å²) in [6.45, 7) is 5.57. The van der Waals surface area contributed by atoms with Gasteiger partial charge in [-0.15, -0.1) is 0 Å². The van der Waals surface area contributed by atoms with Gasteiger partial charge in [0, 0.05) is 18.4 Å². The lowest BCUT2D eigenvalue weighted by Crippen LogP contribution is -2.29. The molecule has 0 amide bonds. The molecule has 0 spiro atoms. The molecule has 1 rings (SSSR count). The Labute approximate surface area is 74.3 Å². The molecule has 2 heteroatoms. The van der Waals surface area contributed by atoms with Crippen molar-refractivity contribution in [3.63, 3.8) is 0 Å². The van der Waals surface area contributed by atoms with Crippen LogP contribution in [0.5, 0.6) is 0 Å². The van der Waals surface area contributed by atoms with Crippen molar-refractivity contribution in [3.05, 3.63) is 0 Å². The highest BCUT2D eigenvalue weighted by molar-refractivity contribution is 5.83. The highest BCUT2D eigenvalue weighted by atomic mass is 16.5. The summed E-state index contributed by atoms with van der Waals surface area (Å²) in [7, 11) is 0. The molecule has 2 unspecified atom stereocenters. The molecule has 0 radical (unpaired) electrons. The average Bonchev–Trinajstić information content (AvgIpc) is 2.17. The third-order valence-electron chi connectivity index (χ3n) is 2.66. The lowest BCUT2D eigenvalue weighted by molar-refractivity contribution is -0.130. The molecule has 0 N–H and O–H groups in total. The van der Waals surface area contributed by atoms with E-state index in [1.54, 1.807) is 0 Å². The molecule has 1 aliphatic rings. The number of ether oxygens (including phenoxy) is 1. The van der Waals surface area contributed by atoms with Gasteiger partial charge in [-0.05, 0) is 19.3 Å². The molecule has 1 heterocycles. The van der Waals surface area contributed by atoms with Crippen LogP contribution in [0.3, 0.4) is 0 Å². The lowest BCUT2D eigenvalue weighted by atomic mass is 9.89. The van der Waals surface area contributed by atoms with Crippen LogP contribution in [0.15, 0.2) is 0 Å². The van der Waals surface area contributed by atoms with Gasteiger partial charge in [-0.1, -0.05) is 13.8 Å². The van der Waals surface area contributed by atoms with Gasteiger partial charge in [0.05, 0.1) is 6.61 Å². The number of carbonyl (C=O) groups excluding carboxylic acids is 1. The maximum atomic E-state index is 11.6. The van der Waals surface area contributed by atoms with Crippen molar-refractivity contribution in [3.8, 4) is 0 Å². The van der Waals surface area contributed by atoms with Crippen LogP contribution in [-0.2, 0) is 9.53 Å². The fraction of sp³-hybridized carbons (Fsp3) is 0.900. The first-order chi connectivity index (χ1) is 5.75. The van der Waals surface area contributed by atoms with Crippen molar-refractivity contribution in [1.29, 1.82) is 0 Å². The second-order valence-electron chi connectivity index (χ2n) is 3.63. The summed E-state index contributed by atoms with van der Waals surface area (Å²) in [5.41, 5.74) is 0. The molecule has 1 fully saturated rings. The minimum Gasteiger partial charge on any atom is -0.381 e. The van der Waals surface area contributed by atoms with E-state index >= 15 is 0 Å². The normalized spacial score (nSPS) is 26.7. The van der Waals surface area contributed by atoms with Gasteiger partial charge in [-0.2, -0.15) is 0 Å². The number of rotatable bonds is 3. The summed E-state index contributed by atoms with van der Waals surface area (Å²) in [6, 6.07) is 0. The van der Waals surface area contributed by atoms with E-state index in [1.807, 2.05) is 6.92 Å². The summed E-state index contributed by atoms with van der Waals surface area (Å²) >= 11 is 0. The Morgan fingerprint density at radius 2 is 2.42 bits per heavy atom. The number of hydrogen-bond donors (Lipinski definition) is 0. The monoisotopic (exact) mass is 170 g/mol. The zero-order valence-corrected chi connectivity index (χ0v) is 8.01. The lowest BCUT2D eigenvalue weighted by Gasteiger charge is -2.23. The maximum absolute atomic E-state index is 11.6. The maximum Gasteiger partial charge on any atom is 0.141 e. The van der Waals surface area contributed by atoms with Crippen LogP contribution in [0.1, 0.15) is 33.1 Å². The third kappa shape index (κ3) is 2.31. The summed E-state index contributed by atoms with van der Waals surface area (Å²) in [6.07, 6.45) is 3.03. The van der Waals surface area contributed by atoms with Crippen LogP contribution in [0, 0.1) is 11.8 Å². The van der Waals surface area contributed by atoms with E-state index < -0.39 is 0 Å². The van der Waals surface area contributed by atoms with E-state index in [0.717, 1.165) is 25.9 Å². The highest BCUT2D eigenvalue weighted by Crippen LogP contribution is 2.19. The molecule has 12 heavy (non-hydrogen) atoms. The van der Waals surface area contributed by atoms with Crippen LogP contribution >= 0.6 is 0 Å². The smallest absolute Gasteiger partial charge is 0.141 e. The van der Waals surface area contributed by atoms with E-state index in [9.17, 15) is 4.79 Å². The molecule has 1 saturated heterocycles. The highest BCUT2D eigenvalue weighted by Gasteiger charge is 2.24. The van der Waals surface area contributed by atoms with Gasteiger partial charge in [0.25, 0.3) is 0 Å². The number of ketones is 1. The molecule has 2 nitrogen and oxygen atoms in total. The van der Waals surface area contributed by atoms with Crippen molar-refractivity contribution in [2.45, 2.75) is 33.1 Å². The van der Waals surface area contributed by atoms with Gasteiger partial charge in [-0.3, -0.25) is 4.79 Å². The van der Waals surface area contributed by atoms with Crippen LogP contribution in [0.2, 0.25) is 0 Å². The largest absolute Gasteiger partial charge is 0.381 e. The second-order valence-corrected chi connectivity index (χ2v) is 3.63. The Kier molecular flexibility index (Phi) is 3.73. The van der Waals surface area contributed by atoms with Crippen molar-refractivity contribution in [1.82, 2.24) is 0 Å². The molecule has 0 aromatic heterocycles. The fourth-order valence-electron chi connectivity index (χ4n) is 1.57. The number of Topliss-reactive ketones (excluding diaryl/α,β-unsaturated/α-hetero) is 1. The van der Waals surface area contributed by atoms with E-state index in [-0.39, 0.29) is 11.8 Å². The Morgan fingerprint density at radius 3 is 2.92 bits per heavy atom. The zero-order valence-electron chi connectivity index (χ0n) is 8.01. The number of carbonyl (C=O) groups is 1. The van der Waals surface area contributed by atoms with Gasteiger partial charge < -0.3 is 4.74 Å². The molecule has 70 valence electrons. The van der Waals surface area contributed by atoms with Crippen molar-refractivity contribution >= 4 is 5.78 Å². The molecule has 0 aliphatic carbocycles. The van der Waals surface area contributed by atoms with Crippen molar-refractivity contribution < 1.29 is 9.53 Å². The van der Waals surface area contributed by atoms with Crippen molar-refractivity contribution in [2.75, 3.05) is 13.2 Å². The van der Waals surface area contributed by atoms with E-state index in [1.165, 1.54) is 0 Å². The van der Waals surface area contributed by atoms with Gasteiger partial charge in [0.2, 0.25) is 0 Å². The predicted octanol–water partition coefficient (Wildman–Crippen LogP) is 2.03. The molecule has 0 bridgehead atoms. The topological polar surface area (TPSA) is 26.3 Å². The molecule has 0 saturated carbocycles. The first kappa shape index (κ1) is 9.72. The van der Waals surface area contributed by atoms with Crippen LogP contribution in [-0.4, -0.2) is 19.0 Å². The minimum absolute atomic E-state index is 0.189. The summed E-state index contributed by atoms with van der Waals surface area (Å²) in [4.78, 5) is 11.6. The first-order valence-corrected chi connectivity index (χ1v) is 4.87. The zero-order chi connectivity index (χ0) is 8.97. The molecule has 0 aromatic rings. The Hall–Kier alpha value is -0.370. The minimum atomic E-state index is 0.189. The summed E-state index contributed by atoms with van der Waals surface area (Å²) < 4.78 is 5.28. The van der Waals surface area contributed by atoms with Gasteiger partial charge in [0.1, 0.15) is 5.78 Å². The molecule has 1 aliphatic heterocycles. The Balaban J connectivity index is 2.39. The Bertz CT molecular complexity index is 148. The van der Waals surface area contributed by atoms with Crippen LogP contribution in [0.4, 0.5) is 0 Å². The van der Waals surface area contributed by atoms with Gasteiger partial charge in [0.15, 0.2) is 0 Å². The van der Waals surface area contributed by atoms with Gasteiger partial charge >= 0.3 is 0 Å². The summed E-state index contributed by atoms with van der Waals surface area (Å²) in [5, 5.41) is 0. The molecular formula is C10H18O2. The van der Waals surface area contributed by atoms with E-state index in [2.05, 4.69) is 6.92 Å². The van der Waals surface area contributed by atoms with E-state index in [4.69, 9.17) is 4.74 Å². The number of hydrogen-bond acceptors (Lipinski definition) is 2. The Morgan fingerprint density at radius 1 is 1.67 bits per heavy atom. The first-order valence-electron chi connectivity index (χ1n) is 4.87. The molecule has 2 atom stereocenters. The van der Waals surface area contributed by atoms with Crippen LogP contribution in [0.25, 0.3) is 0 Å². The third-order valence-corrected chi connectivity index (χ3v) is 2.66. The molecule has 0 aromatic carbocycles. The SMILES string of the molecule is CCC(C)C(=O)C1CCCOC1. The fourth-order valence-corrected chi connectivity index (χ4v) is 1.57. The average molecular weight is 170 g/mol. The summed E-state index contributed by atoms with van der Waals surface area (Å²) in [5.74, 6) is 0.808. The molecular weight excluding hydrogens is 152 g/mol. The van der Waals surface area contributed by atoms with E-state index in [0.29, 0.717) is 12.4 Å². The van der Waals surface area contributed by atoms with Gasteiger partial charge in [-0.25, -0.2) is 0 Å². The standard InChI is InChI=1S/C10H18O2/c1-3-8(2)10(11)9-5-4-6-12-7-9/h8-9H,3-7H2,1-2H3. The second kappa shape index (κ2) is 4.61. The quantitative estimate of drug-likeness (QED) is 0.647. The predicted molar refractivity (Wildman–Crippen MR) is 48.0 cm³/mol.